The molecule has 0 bridgehead atoms. The maximum absolute atomic E-state index is 3.37. The summed E-state index contributed by atoms with van der Waals surface area (Å²) in [4.78, 5) is 0. The predicted molar refractivity (Wildman–Crippen MR) is 34.5 cm³/mol. The zero-order chi connectivity index (χ0) is 5.11. The maximum Gasteiger partial charge on any atom is 0.0530 e. The third-order valence-corrected chi connectivity index (χ3v) is 2.51. The third-order valence-electron chi connectivity index (χ3n) is 1.16. The van der Waals surface area contributed by atoms with E-state index in [9.17, 15) is 0 Å². The van der Waals surface area contributed by atoms with Crippen LogP contribution in [0.1, 0.15) is 13.3 Å². The summed E-state index contributed by atoms with van der Waals surface area (Å²) in [6, 6.07) is 0. The molecule has 1 N–H and O–H groups in total. The summed E-state index contributed by atoms with van der Waals surface area (Å²) in [6.45, 7) is 3.43. The van der Waals surface area contributed by atoms with Gasteiger partial charge >= 0.3 is 0 Å². The molecule has 1 aliphatic rings. The van der Waals surface area contributed by atoms with Crippen LogP contribution in [-0.4, -0.2) is 17.7 Å². The van der Waals surface area contributed by atoms with Gasteiger partial charge in [-0.2, -0.15) is 0 Å². The van der Waals surface area contributed by atoms with Gasteiger partial charge in [-0.05, 0) is 6.42 Å². The number of thioether (sulfide) groups is 1. The summed E-state index contributed by atoms with van der Waals surface area (Å²) in [7, 11) is 0. The lowest BCUT2D eigenvalue weighted by Crippen LogP contribution is -2.17. The quantitative estimate of drug-likeness (QED) is 0.551. The Morgan fingerprint density at radius 1 is 1.86 bits per heavy atom. The van der Waals surface area contributed by atoms with Crippen molar-refractivity contribution in [3.8, 4) is 0 Å². The molecule has 7 heavy (non-hydrogen) atoms. The van der Waals surface area contributed by atoms with Gasteiger partial charge in [-0.3, -0.25) is 0 Å². The Hall–Kier alpha value is 0.310. The minimum Gasteiger partial charge on any atom is -0.305 e. The van der Waals surface area contributed by atoms with Gasteiger partial charge in [0.05, 0.1) is 5.37 Å². The molecule has 0 radical (unpaired) electrons. The molecular formula is C5H11NS. The van der Waals surface area contributed by atoms with Crippen LogP contribution in [0.3, 0.4) is 0 Å². The van der Waals surface area contributed by atoms with Crippen molar-refractivity contribution in [1.29, 1.82) is 0 Å². The van der Waals surface area contributed by atoms with E-state index in [1.54, 1.807) is 0 Å². The van der Waals surface area contributed by atoms with Crippen molar-refractivity contribution in [1.82, 2.24) is 5.32 Å². The van der Waals surface area contributed by atoms with Gasteiger partial charge in [0, 0.05) is 12.3 Å². The summed E-state index contributed by atoms with van der Waals surface area (Å²) in [5.41, 5.74) is 0. The first-order chi connectivity index (χ1) is 3.43. The summed E-state index contributed by atoms with van der Waals surface area (Å²) in [6.07, 6.45) is 1.27. The molecule has 1 saturated heterocycles. The van der Waals surface area contributed by atoms with Crippen LogP contribution in [0.15, 0.2) is 0 Å². The first-order valence-electron chi connectivity index (χ1n) is 2.78. The Bertz CT molecular complexity index is 50.0. The van der Waals surface area contributed by atoms with E-state index in [0.29, 0.717) is 0 Å². The van der Waals surface area contributed by atoms with Gasteiger partial charge in [-0.25, -0.2) is 0 Å². The molecule has 1 nitrogen and oxygen atoms in total. The lowest BCUT2D eigenvalue weighted by molar-refractivity contribution is 0.692. The zero-order valence-corrected chi connectivity index (χ0v) is 5.42. The molecule has 0 aromatic rings. The Balaban J connectivity index is 2.14. The van der Waals surface area contributed by atoms with E-state index in [2.05, 4.69) is 12.2 Å². The van der Waals surface area contributed by atoms with Crippen molar-refractivity contribution >= 4 is 11.8 Å². The highest BCUT2D eigenvalue weighted by Crippen LogP contribution is 2.15. The van der Waals surface area contributed by atoms with E-state index in [1.807, 2.05) is 11.8 Å². The van der Waals surface area contributed by atoms with Crippen LogP contribution in [0.5, 0.6) is 0 Å². The fourth-order valence-electron chi connectivity index (χ4n) is 0.742. The lowest BCUT2D eigenvalue weighted by Gasteiger charge is -2.01. The summed E-state index contributed by atoms with van der Waals surface area (Å²) >= 11 is 2.03. The molecule has 0 aromatic carbocycles. The van der Waals surface area contributed by atoms with Crippen molar-refractivity contribution in [2.75, 3.05) is 12.3 Å². The molecule has 1 fully saturated rings. The fraction of sp³-hybridized carbons (Fsp3) is 1.00. The van der Waals surface area contributed by atoms with Crippen LogP contribution in [-0.2, 0) is 0 Å². The Morgan fingerprint density at radius 2 is 2.71 bits per heavy atom. The largest absolute Gasteiger partial charge is 0.305 e. The van der Waals surface area contributed by atoms with Crippen LogP contribution in [0.2, 0.25) is 0 Å². The van der Waals surface area contributed by atoms with Crippen molar-refractivity contribution in [3.05, 3.63) is 0 Å². The first kappa shape index (κ1) is 5.45. The van der Waals surface area contributed by atoms with Crippen molar-refractivity contribution in [2.24, 2.45) is 0 Å². The maximum atomic E-state index is 3.37. The molecule has 0 amide bonds. The van der Waals surface area contributed by atoms with Crippen molar-refractivity contribution in [2.45, 2.75) is 18.7 Å². The zero-order valence-electron chi connectivity index (χ0n) is 4.61. The van der Waals surface area contributed by atoms with Gasteiger partial charge in [0.25, 0.3) is 0 Å². The SMILES string of the molecule is CCC1NCCS1. The normalized spacial score (nSPS) is 31.3. The predicted octanol–water partition coefficient (Wildman–Crippen LogP) is 1.06. The van der Waals surface area contributed by atoms with Gasteiger partial charge in [-0.1, -0.05) is 6.92 Å². The summed E-state index contributed by atoms with van der Waals surface area (Å²) in [5.74, 6) is 1.30. The van der Waals surface area contributed by atoms with E-state index >= 15 is 0 Å². The molecular weight excluding hydrogens is 106 g/mol. The van der Waals surface area contributed by atoms with Gasteiger partial charge in [-0.15, -0.1) is 11.8 Å². The number of nitrogens with one attached hydrogen (secondary N) is 1. The number of hydrogen-bond acceptors (Lipinski definition) is 2. The molecule has 1 heterocycles. The van der Waals surface area contributed by atoms with Gasteiger partial charge in [0.1, 0.15) is 0 Å². The summed E-state index contributed by atoms with van der Waals surface area (Å²) in [5, 5.41) is 4.13. The molecule has 1 unspecified atom stereocenters. The fourth-order valence-corrected chi connectivity index (χ4v) is 1.73. The van der Waals surface area contributed by atoms with Crippen molar-refractivity contribution < 1.29 is 0 Å². The molecule has 0 spiro atoms. The van der Waals surface area contributed by atoms with E-state index in [-0.39, 0.29) is 0 Å². The van der Waals surface area contributed by atoms with Gasteiger partial charge in [0.15, 0.2) is 0 Å². The Labute approximate surface area is 48.9 Å². The Kier molecular flexibility index (Phi) is 2.00. The number of hydrogen-bond donors (Lipinski definition) is 1. The third kappa shape index (κ3) is 1.35. The molecule has 0 saturated carbocycles. The molecule has 2 heteroatoms. The molecule has 1 aliphatic heterocycles. The average molecular weight is 117 g/mol. The highest BCUT2D eigenvalue weighted by atomic mass is 32.2. The monoisotopic (exact) mass is 117 g/mol. The van der Waals surface area contributed by atoms with Crippen LogP contribution >= 0.6 is 11.8 Å². The number of rotatable bonds is 1. The Morgan fingerprint density at radius 3 is 3.00 bits per heavy atom. The molecule has 0 aromatic heterocycles. The topological polar surface area (TPSA) is 12.0 Å². The van der Waals surface area contributed by atoms with Crippen LogP contribution in [0.4, 0.5) is 0 Å². The second-order valence-electron chi connectivity index (χ2n) is 1.72. The van der Waals surface area contributed by atoms with Gasteiger partial charge < -0.3 is 5.32 Å². The highest BCUT2D eigenvalue weighted by Gasteiger charge is 2.10. The van der Waals surface area contributed by atoms with E-state index in [0.717, 1.165) is 5.37 Å². The first-order valence-corrected chi connectivity index (χ1v) is 3.83. The smallest absolute Gasteiger partial charge is 0.0530 e. The standard InChI is InChI=1S/C5H11NS/c1-2-5-6-3-4-7-5/h5-6H,2-4H2,1H3. The second kappa shape index (κ2) is 2.58. The molecule has 1 atom stereocenters. The van der Waals surface area contributed by atoms with E-state index in [4.69, 9.17) is 0 Å². The molecule has 0 aliphatic carbocycles. The van der Waals surface area contributed by atoms with Gasteiger partial charge in [0.2, 0.25) is 0 Å². The van der Waals surface area contributed by atoms with Crippen LogP contribution in [0, 0.1) is 0 Å². The molecule has 1 rings (SSSR count). The lowest BCUT2D eigenvalue weighted by atomic mass is 10.5. The minimum absolute atomic E-state index is 0.764. The van der Waals surface area contributed by atoms with Crippen molar-refractivity contribution in [3.63, 3.8) is 0 Å². The summed E-state index contributed by atoms with van der Waals surface area (Å²) < 4.78 is 0. The van der Waals surface area contributed by atoms with E-state index in [1.165, 1.54) is 18.7 Å². The molecule has 42 valence electrons. The minimum atomic E-state index is 0.764. The van der Waals surface area contributed by atoms with Crippen LogP contribution in [0.25, 0.3) is 0 Å². The average Bonchev–Trinajstić information content (AvgIpc) is 2.14. The van der Waals surface area contributed by atoms with E-state index < -0.39 is 0 Å². The van der Waals surface area contributed by atoms with Crippen LogP contribution < -0.4 is 5.32 Å². The highest BCUT2D eigenvalue weighted by molar-refractivity contribution is 8.00. The second-order valence-corrected chi connectivity index (χ2v) is 3.03.